The van der Waals surface area contributed by atoms with Crippen LogP contribution in [0.15, 0.2) is 33.9 Å². The van der Waals surface area contributed by atoms with Gasteiger partial charge < -0.3 is 19.1 Å². The van der Waals surface area contributed by atoms with Crippen LogP contribution in [0.2, 0.25) is 0 Å². The highest BCUT2D eigenvalue weighted by Crippen LogP contribution is 2.38. The third-order valence-electron chi connectivity index (χ3n) is 5.84. The van der Waals surface area contributed by atoms with Crippen LogP contribution in [-0.4, -0.2) is 60.5 Å². The topological polar surface area (TPSA) is 115 Å². The van der Waals surface area contributed by atoms with Gasteiger partial charge in [0.05, 0.1) is 10.6 Å². The molecule has 12 heteroatoms. The summed E-state index contributed by atoms with van der Waals surface area (Å²) >= 11 is 0. The molecule has 0 N–H and O–H groups in total. The molecule has 0 saturated carbocycles. The van der Waals surface area contributed by atoms with Crippen molar-refractivity contribution < 1.29 is 22.1 Å². The predicted octanol–water partition coefficient (Wildman–Crippen LogP) is 2.45. The number of hydrogen-bond acceptors (Lipinski definition) is 10. The van der Waals surface area contributed by atoms with Crippen molar-refractivity contribution in [1.29, 1.82) is 0 Å². The van der Waals surface area contributed by atoms with Gasteiger partial charge in [0, 0.05) is 44.8 Å². The quantitative estimate of drug-likeness (QED) is 0.546. The Hall–Kier alpha value is -3.28. The van der Waals surface area contributed by atoms with Crippen LogP contribution in [0.4, 0.5) is 21.9 Å². The molecule has 1 aromatic carbocycles. The van der Waals surface area contributed by atoms with E-state index in [1.54, 1.807) is 17.9 Å². The van der Waals surface area contributed by atoms with E-state index in [4.69, 9.17) is 9.26 Å². The van der Waals surface area contributed by atoms with Crippen LogP contribution in [0.3, 0.4) is 0 Å². The first kappa shape index (κ1) is 21.6. The number of rotatable bonds is 5. The predicted molar refractivity (Wildman–Crippen MR) is 117 cm³/mol. The molecule has 5 rings (SSSR count). The number of fused-ring (bicyclic) bond motifs is 1. The van der Waals surface area contributed by atoms with Crippen LogP contribution in [0.5, 0.6) is 5.88 Å². The number of nitrogens with zero attached hydrogens (tertiary/aromatic N) is 6. The fraction of sp³-hybridized carbons (Fsp3) is 0.429. The molecule has 4 heterocycles. The number of aryl methyl sites for hydroxylation is 1. The molecule has 0 spiro atoms. The first-order valence-corrected chi connectivity index (χ1v) is 12.5. The van der Waals surface area contributed by atoms with E-state index >= 15 is 0 Å². The Labute approximate surface area is 190 Å². The summed E-state index contributed by atoms with van der Waals surface area (Å²) in [6, 6.07) is 4.80. The lowest BCUT2D eigenvalue weighted by atomic mass is 10.1. The van der Waals surface area contributed by atoms with Gasteiger partial charge in [0.15, 0.2) is 15.7 Å². The second-order valence-electron chi connectivity index (χ2n) is 8.23. The van der Waals surface area contributed by atoms with Gasteiger partial charge in [-0.1, -0.05) is 5.16 Å². The van der Waals surface area contributed by atoms with Gasteiger partial charge in [-0.25, -0.2) is 22.8 Å². The summed E-state index contributed by atoms with van der Waals surface area (Å²) in [5.41, 5.74) is 0.982. The molecule has 2 aliphatic heterocycles. The maximum atomic E-state index is 14.9. The average Bonchev–Trinajstić information content (AvgIpc) is 3.41. The Morgan fingerprint density at radius 3 is 2.64 bits per heavy atom. The van der Waals surface area contributed by atoms with E-state index in [2.05, 4.69) is 20.1 Å². The molecule has 0 unspecified atom stereocenters. The Morgan fingerprint density at radius 2 is 1.94 bits per heavy atom. The van der Waals surface area contributed by atoms with Crippen LogP contribution >= 0.6 is 0 Å². The SMILES string of the molecule is Cc1noc(N2CCC(Oc3cc(N4CCc5cc(S(C)(=O)=O)cc(F)c54)ncn3)CC2)n1. The van der Waals surface area contributed by atoms with E-state index in [-0.39, 0.29) is 11.0 Å². The summed E-state index contributed by atoms with van der Waals surface area (Å²) < 4.78 is 49.9. The second-order valence-corrected chi connectivity index (χ2v) is 10.2. The van der Waals surface area contributed by atoms with Crippen molar-refractivity contribution >= 4 is 27.4 Å². The van der Waals surface area contributed by atoms with Gasteiger partial charge in [-0.05, 0) is 31.0 Å². The highest BCUT2D eigenvalue weighted by Gasteiger charge is 2.29. The van der Waals surface area contributed by atoms with Gasteiger partial charge in [-0.3, -0.25) is 0 Å². The van der Waals surface area contributed by atoms with Gasteiger partial charge in [0.1, 0.15) is 24.1 Å². The fourth-order valence-electron chi connectivity index (χ4n) is 4.20. The van der Waals surface area contributed by atoms with E-state index in [0.29, 0.717) is 47.8 Å². The van der Waals surface area contributed by atoms with E-state index in [0.717, 1.165) is 38.3 Å². The van der Waals surface area contributed by atoms with Gasteiger partial charge >= 0.3 is 6.01 Å². The Kier molecular flexibility index (Phi) is 5.39. The molecule has 0 amide bonds. The highest BCUT2D eigenvalue weighted by atomic mass is 32.2. The molecule has 174 valence electrons. The Bertz CT molecular complexity index is 1290. The normalized spacial score (nSPS) is 16.8. The van der Waals surface area contributed by atoms with E-state index in [1.807, 2.05) is 4.90 Å². The minimum Gasteiger partial charge on any atom is -0.474 e. The molecule has 0 aliphatic carbocycles. The number of aromatic nitrogens is 4. The lowest BCUT2D eigenvalue weighted by Gasteiger charge is -2.30. The number of hydrogen-bond donors (Lipinski definition) is 0. The number of ether oxygens (including phenoxy) is 1. The molecule has 10 nitrogen and oxygen atoms in total. The summed E-state index contributed by atoms with van der Waals surface area (Å²) in [4.78, 5) is 16.5. The monoisotopic (exact) mass is 474 g/mol. The van der Waals surface area contributed by atoms with Crippen LogP contribution in [-0.2, 0) is 16.3 Å². The fourth-order valence-corrected chi connectivity index (χ4v) is 4.87. The number of piperidine rings is 1. The standard InChI is InChI=1S/C21H23FN6O4S/c1-13-25-21(32-26-13)27-6-4-15(5-7-27)31-19-11-18(23-12-24-19)28-8-3-14-9-16(33(2,29)30)10-17(22)20(14)28/h9-12,15H,3-8H2,1-2H3. The molecular formula is C21H23FN6O4S. The van der Waals surface area contributed by atoms with Crippen molar-refractivity contribution in [2.45, 2.75) is 37.2 Å². The van der Waals surface area contributed by atoms with Crippen LogP contribution in [0.1, 0.15) is 24.2 Å². The zero-order valence-electron chi connectivity index (χ0n) is 18.2. The van der Waals surface area contributed by atoms with Gasteiger partial charge in [-0.2, -0.15) is 4.98 Å². The third kappa shape index (κ3) is 4.34. The van der Waals surface area contributed by atoms with Crippen molar-refractivity contribution in [3.05, 3.63) is 41.7 Å². The zero-order chi connectivity index (χ0) is 23.2. The van der Waals surface area contributed by atoms with Crippen LogP contribution < -0.4 is 14.5 Å². The molecule has 0 bridgehead atoms. The zero-order valence-corrected chi connectivity index (χ0v) is 19.0. The molecule has 3 aromatic rings. The van der Waals surface area contributed by atoms with Crippen molar-refractivity contribution in [2.75, 3.05) is 35.7 Å². The van der Waals surface area contributed by atoms with Crippen LogP contribution in [0, 0.1) is 12.7 Å². The third-order valence-corrected chi connectivity index (χ3v) is 6.93. The molecule has 1 fully saturated rings. The smallest absolute Gasteiger partial charge is 0.324 e. The molecule has 1 saturated heterocycles. The lowest BCUT2D eigenvalue weighted by molar-refractivity contribution is 0.161. The molecule has 2 aromatic heterocycles. The van der Waals surface area contributed by atoms with Gasteiger partial charge in [0.25, 0.3) is 0 Å². The number of halogens is 1. The minimum absolute atomic E-state index is 0.0191. The Balaban J connectivity index is 1.29. The van der Waals surface area contributed by atoms with Crippen molar-refractivity contribution in [3.8, 4) is 5.88 Å². The van der Waals surface area contributed by atoms with Crippen molar-refractivity contribution in [2.24, 2.45) is 0 Å². The van der Waals surface area contributed by atoms with Crippen LogP contribution in [0.25, 0.3) is 0 Å². The largest absolute Gasteiger partial charge is 0.474 e. The maximum absolute atomic E-state index is 14.9. The summed E-state index contributed by atoms with van der Waals surface area (Å²) in [5.74, 6) is 0.928. The van der Waals surface area contributed by atoms with E-state index < -0.39 is 15.7 Å². The van der Waals surface area contributed by atoms with E-state index in [9.17, 15) is 12.8 Å². The first-order chi connectivity index (χ1) is 15.8. The maximum Gasteiger partial charge on any atom is 0.324 e. The first-order valence-electron chi connectivity index (χ1n) is 10.6. The summed E-state index contributed by atoms with van der Waals surface area (Å²) in [6.45, 7) is 3.71. The molecule has 2 aliphatic rings. The number of benzene rings is 1. The number of anilines is 3. The Morgan fingerprint density at radius 1 is 1.15 bits per heavy atom. The average molecular weight is 475 g/mol. The molecule has 33 heavy (non-hydrogen) atoms. The summed E-state index contributed by atoms with van der Waals surface area (Å²) in [6.07, 6.45) is 4.47. The van der Waals surface area contributed by atoms with Gasteiger partial charge in [-0.15, -0.1) is 0 Å². The summed E-state index contributed by atoms with van der Waals surface area (Å²) in [7, 11) is -3.49. The lowest BCUT2D eigenvalue weighted by Crippen LogP contribution is -2.38. The minimum atomic E-state index is -3.49. The molecular weight excluding hydrogens is 451 g/mol. The second kappa shape index (κ2) is 8.25. The molecule has 0 radical (unpaired) electrons. The highest BCUT2D eigenvalue weighted by molar-refractivity contribution is 7.90. The summed E-state index contributed by atoms with van der Waals surface area (Å²) in [5, 5.41) is 3.83. The van der Waals surface area contributed by atoms with E-state index in [1.165, 1.54) is 12.4 Å². The molecule has 0 atom stereocenters. The van der Waals surface area contributed by atoms with Crippen molar-refractivity contribution in [3.63, 3.8) is 0 Å². The number of sulfone groups is 1. The van der Waals surface area contributed by atoms with Crippen molar-refractivity contribution in [1.82, 2.24) is 20.1 Å². The van der Waals surface area contributed by atoms with Gasteiger partial charge in [0.2, 0.25) is 5.88 Å².